The van der Waals surface area contributed by atoms with Crippen LogP contribution in [0.15, 0.2) is 41.3 Å². The van der Waals surface area contributed by atoms with Crippen LogP contribution in [0.25, 0.3) is 10.8 Å². The molecular weight excluding hydrogens is 176 g/mol. The first kappa shape index (κ1) is 8.64. The number of fused-ring (bicyclic) bond motifs is 1. The quantitative estimate of drug-likeness (QED) is 0.612. The lowest BCUT2D eigenvalue weighted by atomic mass is 10.1. The summed E-state index contributed by atoms with van der Waals surface area (Å²) in [6.45, 7) is 2.14. The van der Waals surface area contributed by atoms with Crippen LogP contribution in [0.5, 0.6) is 0 Å². The third kappa shape index (κ3) is 1.56. The molecule has 0 aromatic heterocycles. The van der Waals surface area contributed by atoms with Crippen LogP contribution in [0.4, 0.5) is 0 Å². The fraction of sp³-hybridized carbons (Fsp3) is 0.167. The molecule has 0 atom stereocenters. The number of rotatable bonds is 1. The van der Waals surface area contributed by atoms with Crippen LogP contribution in [-0.4, -0.2) is 6.26 Å². The van der Waals surface area contributed by atoms with Crippen LogP contribution in [0.3, 0.4) is 0 Å². The molecule has 0 N–H and O–H groups in total. The monoisotopic (exact) mass is 188 g/mol. The molecule has 66 valence electrons. The van der Waals surface area contributed by atoms with Crippen molar-refractivity contribution in [1.82, 2.24) is 0 Å². The van der Waals surface area contributed by atoms with Crippen molar-refractivity contribution in [3.8, 4) is 0 Å². The molecule has 0 saturated heterocycles. The van der Waals surface area contributed by atoms with Crippen LogP contribution in [0.1, 0.15) is 5.56 Å². The maximum atomic E-state index is 2.25. The zero-order valence-electron chi connectivity index (χ0n) is 7.87. The molecule has 0 amide bonds. The fourth-order valence-electron chi connectivity index (χ4n) is 1.54. The highest BCUT2D eigenvalue weighted by Gasteiger charge is 1.98. The van der Waals surface area contributed by atoms with E-state index in [2.05, 4.69) is 49.6 Å². The van der Waals surface area contributed by atoms with Crippen molar-refractivity contribution in [2.45, 2.75) is 11.8 Å². The molecule has 0 nitrogen and oxygen atoms in total. The summed E-state index contributed by atoms with van der Waals surface area (Å²) in [5.74, 6) is 0. The Morgan fingerprint density at radius 1 is 1.08 bits per heavy atom. The lowest BCUT2D eigenvalue weighted by Crippen LogP contribution is -1.78. The maximum Gasteiger partial charge on any atom is 0.0148 e. The zero-order valence-corrected chi connectivity index (χ0v) is 8.69. The molecule has 2 rings (SSSR count). The Morgan fingerprint density at radius 3 is 2.69 bits per heavy atom. The van der Waals surface area contributed by atoms with Crippen LogP contribution in [0, 0.1) is 6.92 Å². The van der Waals surface area contributed by atoms with Gasteiger partial charge in [0.15, 0.2) is 0 Å². The second kappa shape index (κ2) is 3.43. The van der Waals surface area contributed by atoms with Crippen molar-refractivity contribution in [1.29, 1.82) is 0 Å². The molecule has 0 aliphatic heterocycles. The van der Waals surface area contributed by atoms with E-state index in [9.17, 15) is 0 Å². The maximum absolute atomic E-state index is 2.25. The van der Waals surface area contributed by atoms with Crippen LogP contribution in [0.2, 0.25) is 0 Å². The van der Waals surface area contributed by atoms with E-state index < -0.39 is 0 Å². The number of hydrogen-bond donors (Lipinski definition) is 0. The van der Waals surface area contributed by atoms with Gasteiger partial charge < -0.3 is 0 Å². The smallest absolute Gasteiger partial charge is 0.0148 e. The van der Waals surface area contributed by atoms with E-state index in [4.69, 9.17) is 0 Å². The Morgan fingerprint density at radius 2 is 1.92 bits per heavy atom. The van der Waals surface area contributed by atoms with E-state index in [0.717, 1.165) is 0 Å². The van der Waals surface area contributed by atoms with Crippen molar-refractivity contribution in [2.24, 2.45) is 0 Å². The minimum absolute atomic E-state index is 1.33. The summed E-state index contributed by atoms with van der Waals surface area (Å²) >= 11 is 1.81. The molecule has 0 unspecified atom stereocenters. The standard InChI is InChI=1S/C12H12S/c1-9-6-7-10-4-3-5-12(13-2)11(10)8-9/h3-8H,1-2H3. The third-order valence-electron chi connectivity index (χ3n) is 2.22. The SMILES string of the molecule is CSc1cccc2ccc(C)cc12. The average Bonchev–Trinajstić information content (AvgIpc) is 2.17. The van der Waals surface area contributed by atoms with Crippen LogP contribution in [-0.2, 0) is 0 Å². The van der Waals surface area contributed by atoms with Crippen molar-refractivity contribution in [3.05, 3.63) is 42.0 Å². The van der Waals surface area contributed by atoms with Crippen molar-refractivity contribution >= 4 is 22.5 Å². The first-order valence-electron chi connectivity index (χ1n) is 4.34. The predicted molar refractivity (Wildman–Crippen MR) is 60.5 cm³/mol. The Kier molecular flexibility index (Phi) is 2.28. The van der Waals surface area contributed by atoms with E-state index in [-0.39, 0.29) is 0 Å². The molecule has 2 aromatic carbocycles. The summed E-state index contributed by atoms with van der Waals surface area (Å²) in [7, 11) is 0. The highest BCUT2D eigenvalue weighted by molar-refractivity contribution is 7.98. The van der Waals surface area contributed by atoms with E-state index in [1.54, 1.807) is 11.8 Å². The molecule has 0 aliphatic carbocycles. The van der Waals surface area contributed by atoms with Crippen LogP contribution >= 0.6 is 11.8 Å². The highest BCUT2D eigenvalue weighted by atomic mass is 32.2. The van der Waals surface area contributed by atoms with Gasteiger partial charge in [-0.25, -0.2) is 0 Å². The van der Waals surface area contributed by atoms with Gasteiger partial charge in [0, 0.05) is 4.90 Å². The van der Waals surface area contributed by atoms with Gasteiger partial charge in [-0.05, 0) is 30.0 Å². The van der Waals surface area contributed by atoms with Gasteiger partial charge in [-0.3, -0.25) is 0 Å². The molecule has 0 saturated carbocycles. The Balaban J connectivity index is 2.79. The van der Waals surface area contributed by atoms with Gasteiger partial charge in [0.25, 0.3) is 0 Å². The molecule has 0 radical (unpaired) electrons. The Hall–Kier alpha value is -0.950. The van der Waals surface area contributed by atoms with Gasteiger partial charge in [-0.2, -0.15) is 0 Å². The van der Waals surface area contributed by atoms with Gasteiger partial charge in [0.2, 0.25) is 0 Å². The highest BCUT2D eigenvalue weighted by Crippen LogP contribution is 2.26. The van der Waals surface area contributed by atoms with Crippen molar-refractivity contribution in [2.75, 3.05) is 6.26 Å². The molecule has 1 heteroatoms. The van der Waals surface area contributed by atoms with E-state index in [1.165, 1.54) is 21.2 Å². The first-order valence-corrected chi connectivity index (χ1v) is 5.57. The molecule has 2 aromatic rings. The van der Waals surface area contributed by atoms with E-state index >= 15 is 0 Å². The van der Waals surface area contributed by atoms with E-state index in [0.29, 0.717) is 0 Å². The molecule has 0 fully saturated rings. The van der Waals surface area contributed by atoms with Crippen molar-refractivity contribution in [3.63, 3.8) is 0 Å². The largest absolute Gasteiger partial charge is 0.129 e. The number of hydrogen-bond acceptors (Lipinski definition) is 1. The number of aryl methyl sites for hydroxylation is 1. The Bertz CT molecular complexity index is 432. The molecule has 0 spiro atoms. The number of benzene rings is 2. The summed E-state index contributed by atoms with van der Waals surface area (Å²) in [4.78, 5) is 1.36. The Labute approximate surface area is 83.0 Å². The summed E-state index contributed by atoms with van der Waals surface area (Å²) in [5, 5.41) is 2.70. The lowest BCUT2D eigenvalue weighted by molar-refractivity contribution is 1.47. The van der Waals surface area contributed by atoms with Gasteiger partial charge in [-0.1, -0.05) is 35.9 Å². The average molecular weight is 188 g/mol. The fourth-order valence-corrected chi connectivity index (χ4v) is 2.15. The second-order valence-corrected chi connectivity index (χ2v) is 4.03. The van der Waals surface area contributed by atoms with Gasteiger partial charge in [0.1, 0.15) is 0 Å². The van der Waals surface area contributed by atoms with Gasteiger partial charge >= 0.3 is 0 Å². The second-order valence-electron chi connectivity index (χ2n) is 3.18. The van der Waals surface area contributed by atoms with Crippen molar-refractivity contribution < 1.29 is 0 Å². The zero-order chi connectivity index (χ0) is 9.26. The molecule has 0 bridgehead atoms. The summed E-state index contributed by atoms with van der Waals surface area (Å²) < 4.78 is 0. The topological polar surface area (TPSA) is 0 Å². The normalized spacial score (nSPS) is 10.6. The molecule has 0 aliphatic rings. The first-order chi connectivity index (χ1) is 6.31. The third-order valence-corrected chi connectivity index (χ3v) is 3.01. The molecule has 0 heterocycles. The lowest BCUT2D eigenvalue weighted by Gasteiger charge is -2.03. The summed E-state index contributed by atoms with van der Waals surface area (Å²) in [6, 6.07) is 13.0. The minimum Gasteiger partial charge on any atom is -0.129 e. The van der Waals surface area contributed by atoms with Gasteiger partial charge in [-0.15, -0.1) is 11.8 Å². The number of thioether (sulfide) groups is 1. The molecular formula is C12H12S. The molecule has 13 heavy (non-hydrogen) atoms. The summed E-state index contributed by atoms with van der Waals surface area (Å²) in [5.41, 5.74) is 1.33. The van der Waals surface area contributed by atoms with Gasteiger partial charge in [0.05, 0.1) is 0 Å². The summed E-state index contributed by atoms with van der Waals surface area (Å²) in [6.07, 6.45) is 2.12. The minimum atomic E-state index is 1.33. The predicted octanol–water partition coefficient (Wildman–Crippen LogP) is 3.87. The van der Waals surface area contributed by atoms with Crippen LogP contribution < -0.4 is 0 Å². The van der Waals surface area contributed by atoms with E-state index in [1.807, 2.05) is 0 Å².